The van der Waals surface area contributed by atoms with Gasteiger partial charge in [0.05, 0.1) is 19.8 Å². The molecule has 0 aliphatic rings. The van der Waals surface area contributed by atoms with E-state index >= 15 is 0 Å². The van der Waals surface area contributed by atoms with Gasteiger partial charge in [0.25, 0.3) is 0 Å². The Morgan fingerprint density at radius 1 is 1.29 bits per heavy atom. The Balaban J connectivity index is 2.49. The minimum atomic E-state index is 0.553. The number of carbonyl (C=O) groups is 1. The van der Waals surface area contributed by atoms with Crippen LogP contribution in [0.4, 0.5) is 0 Å². The zero-order valence-corrected chi connectivity index (χ0v) is 12.6. The summed E-state index contributed by atoms with van der Waals surface area (Å²) in [6, 6.07) is 5.46. The van der Waals surface area contributed by atoms with Crippen LogP contribution < -0.4 is 9.47 Å². The van der Waals surface area contributed by atoms with Gasteiger partial charge < -0.3 is 9.47 Å². The molecule has 1 heterocycles. The fraction of sp³-hybridized carbons (Fsp3) is 0.375. The van der Waals surface area contributed by atoms with Crippen molar-refractivity contribution in [3.8, 4) is 22.8 Å². The zero-order valence-electron chi connectivity index (χ0n) is 12.6. The lowest BCUT2D eigenvalue weighted by Crippen LogP contribution is -1.98. The molecule has 0 N–H and O–H groups in total. The molecule has 0 saturated carbocycles. The first kappa shape index (κ1) is 15.1. The van der Waals surface area contributed by atoms with Crippen LogP contribution in [0.5, 0.6) is 11.5 Å². The number of hydrogen-bond acceptors (Lipinski definition) is 4. The summed E-state index contributed by atoms with van der Waals surface area (Å²) in [6.45, 7) is 2.92. The molecule has 5 nitrogen and oxygen atoms in total. The average Bonchev–Trinajstić information content (AvgIpc) is 2.95. The summed E-state index contributed by atoms with van der Waals surface area (Å²) < 4.78 is 12.4. The monoisotopic (exact) mass is 288 g/mol. The molecule has 112 valence electrons. The Bertz CT molecular complexity index is 620. The van der Waals surface area contributed by atoms with Crippen LogP contribution in [0.1, 0.15) is 30.1 Å². The average molecular weight is 288 g/mol. The van der Waals surface area contributed by atoms with Gasteiger partial charge in [0.2, 0.25) is 0 Å². The molecule has 0 unspecified atom stereocenters. The zero-order chi connectivity index (χ0) is 15.2. The third-order valence-corrected chi connectivity index (χ3v) is 3.32. The highest BCUT2D eigenvalue weighted by atomic mass is 16.5. The number of hydrogen-bond donors (Lipinski definition) is 0. The number of aromatic nitrogens is 2. The molecule has 0 bridgehead atoms. The van der Waals surface area contributed by atoms with Crippen LogP contribution in [0, 0.1) is 0 Å². The molecule has 0 aliphatic carbocycles. The Morgan fingerprint density at radius 3 is 2.71 bits per heavy atom. The lowest BCUT2D eigenvalue weighted by atomic mass is 10.1. The van der Waals surface area contributed by atoms with E-state index < -0.39 is 0 Å². The first-order chi connectivity index (χ1) is 10.2. The number of unbranched alkanes of at least 4 members (excludes halogenated alkanes) is 1. The third-order valence-electron chi connectivity index (χ3n) is 3.32. The number of rotatable bonds is 7. The van der Waals surface area contributed by atoms with E-state index in [-0.39, 0.29) is 0 Å². The maximum atomic E-state index is 11.3. The van der Waals surface area contributed by atoms with Crippen molar-refractivity contribution >= 4 is 6.29 Å². The van der Waals surface area contributed by atoms with Crippen LogP contribution in [-0.2, 0) is 6.54 Å². The van der Waals surface area contributed by atoms with Gasteiger partial charge in [-0.05, 0) is 24.6 Å². The van der Waals surface area contributed by atoms with Crippen LogP contribution in [0.15, 0.2) is 24.4 Å². The van der Waals surface area contributed by atoms with E-state index in [2.05, 4.69) is 12.0 Å². The highest BCUT2D eigenvalue weighted by Gasteiger charge is 2.16. The molecule has 1 aromatic carbocycles. The van der Waals surface area contributed by atoms with Gasteiger partial charge in [-0.1, -0.05) is 13.3 Å². The molecular weight excluding hydrogens is 268 g/mol. The smallest absolute Gasteiger partial charge is 0.153 e. The Kier molecular flexibility index (Phi) is 4.98. The number of aldehydes is 1. The lowest BCUT2D eigenvalue weighted by Gasteiger charge is -2.09. The van der Waals surface area contributed by atoms with Gasteiger partial charge in [0, 0.05) is 18.3 Å². The van der Waals surface area contributed by atoms with Gasteiger partial charge >= 0.3 is 0 Å². The van der Waals surface area contributed by atoms with Gasteiger partial charge in [-0.25, -0.2) is 0 Å². The molecule has 0 spiro atoms. The normalized spacial score (nSPS) is 10.4. The molecule has 0 atom stereocenters. The Labute approximate surface area is 124 Å². The summed E-state index contributed by atoms with van der Waals surface area (Å²) in [5.74, 6) is 1.37. The number of ether oxygens (including phenoxy) is 2. The lowest BCUT2D eigenvalue weighted by molar-refractivity contribution is 0.112. The van der Waals surface area contributed by atoms with E-state index in [0.717, 1.165) is 31.2 Å². The minimum absolute atomic E-state index is 0.553. The van der Waals surface area contributed by atoms with Gasteiger partial charge in [-0.3, -0.25) is 9.48 Å². The number of nitrogens with zero attached hydrogens (tertiary/aromatic N) is 2. The highest BCUT2D eigenvalue weighted by Crippen LogP contribution is 2.34. The molecule has 2 aromatic rings. The molecule has 2 rings (SSSR count). The molecule has 0 amide bonds. The maximum Gasteiger partial charge on any atom is 0.153 e. The Morgan fingerprint density at radius 2 is 2.10 bits per heavy atom. The van der Waals surface area contributed by atoms with Gasteiger partial charge in [-0.15, -0.1) is 0 Å². The first-order valence-corrected chi connectivity index (χ1v) is 6.98. The van der Waals surface area contributed by atoms with Crippen LogP contribution in [0.2, 0.25) is 0 Å². The van der Waals surface area contributed by atoms with E-state index in [1.807, 2.05) is 22.9 Å². The molecule has 21 heavy (non-hydrogen) atoms. The van der Waals surface area contributed by atoms with E-state index in [4.69, 9.17) is 9.47 Å². The standard InChI is InChI=1S/C16H20N2O3/c1-4-5-8-18-10-12(11-19)16(17-18)14-9-13(20-2)6-7-15(14)21-3/h6-7,9-11H,4-5,8H2,1-3H3. The predicted octanol–water partition coefficient (Wildman–Crippen LogP) is 3.18. The summed E-state index contributed by atoms with van der Waals surface area (Å²) in [6.07, 6.45) is 4.70. The SMILES string of the molecule is CCCCn1cc(C=O)c(-c2cc(OC)ccc2OC)n1. The number of aryl methyl sites for hydroxylation is 1. The van der Waals surface area contributed by atoms with E-state index in [0.29, 0.717) is 22.8 Å². The van der Waals surface area contributed by atoms with Crippen molar-refractivity contribution in [3.63, 3.8) is 0 Å². The second-order valence-electron chi connectivity index (χ2n) is 4.73. The van der Waals surface area contributed by atoms with Crippen molar-refractivity contribution in [2.24, 2.45) is 0 Å². The van der Waals surface area contributed by atoms with Crippen molar-refractivity contribution in [1.82, 2.24) is 9.78 Å². The van der Waals surface area contributed by atoms with Crippen molar-refractivity contribution in [2.75, 3.05) is 14.2 Å². The first-order valence-electron chi connectivity index (χ1n) is 6.98. The molecule has 0 aliphatic heterocycles. The second kappa shape index (κ2) is 6.92. The quantitative estimate of drug-likeness (QED) is 0.734. The van der Waals surface area contributed by atoms with Crippen molar-refractivity contribution in [1.29, 1.82) is 0 Å². The number of benzene rings is 1. The third kappa shape index (κ3) is 3.24. The van der Waals surface area contributed by atoms with E-state index in [1.54, 1.807) is 20.4 Å². The fourth-order valence-electron chi connectivity index (χ4n) is 2.17. The van der Waals surface area contributed by atoms with Crippen LogP contribution in [0.25, 0.3) is 11.3 Å². The van der Waals surface area contributed by atoms with Crippen LogP contribution >= 0.6 is 0 Å². The van der Waals surface area contributed by atoms with Crippen LogP contribution in [-0.4, -0.2) is 30.3 Å². The van der Waals surface area contributed by atoms with Gasteiger partial charge in [0.1, 0.15) is 17.2 Å². The fourth-order valence-corrected chi connectivity index (χ4v) is 2.17. The summed E-state index contributed by atoms with van der Waals surface area (Å²) in [7, 11) is 3.20. The number of carbonyl (C=O) groups excluding carboxylic acids is 1. The molecule has 1 aromatic heterocycles. The van der Waals surface area contributed by atoms with Crippen molar-refractivity contribution in [2.45, 2.75) is 26.3 Å². The van der Waals surface area contributed by atoms with E-state index in [1.165, 1.54) is 0 Å². The topological polar surface area (TPSA) is 53.4 Å². The summed E-state index contributed by atoms with van der Waals surface area (Å²) in [5, 5.41) is 4.52. The maximum absolute atomic E-state index is 11.3. The molecule has 5 heteroatoms. The van der Waals surface area contributed by atoms with Crippen molar-refractivity contribution in [3.05, 3.63) is 30.0 Å². The second-order valence-corrected chi connectivity index (χ2v) is 4.73. The summed E-state index contributed by atoms with van der Waals surface area (Å²) >= 11 is 0. The van der Waals surface area contributed by atoms with Gasteiger partial charge in [-0.2, -0.15) is 5.10 Å². The summed E-state index contributed by atoms with van der Waals surface area (Å²) in [4.78, 5) is 11.3. The summed E-state index contributed by atoms with van der Waals surface area (Å²) in [5.41, 5.74) is 1.93. The molecule has 0 saturated heterocycles. The largest absolute Gasteiger partial charge is 0.497 e. The Hall–Kier alpha value is -2.30. The minimum Gasteiger partial charge on any atom is -0.497 e. The van der Waals surface area contributed by atoms with E-state index in [9.17, 15) is 4.79 Å². The highest BCUT2D eigenvalue weighted by molar-refractivity contribution is 5.87. The predicted molar refractivity (Wildman–Crippen MR) is 81.1 cm³/mol. The van der Waals surface area contributed by atoms with Gasteiger partial charge in [0.15, 0.2) is 6.29 Å². The number of methoxy groups -OCH3 is 2. The molecule has 0 fully saturated rings. The molecular formula is C16H20N2O3. The molecule has 0 radical (unpaired) electrons. The van der Waals surface area contributed by atoms with Crippen LogP contribution in [0.3, 0.4) is 0 Å². The van der Waals surface area contributed by atoms with Crippen molar-refractivity contribution < 1.29 is 14.3 Å².